The van der Waals surface area contributed by atoms with Crippen molar-refractivity contribution in [2.24, 2.45) is 0 Å². The molecule has 0 bridgehead atoms. The zero-order valence-corrected chi connectivity index (χ0v) is 21.1. The maximum Gasteiger partial charge on any atom is 0.0701 e. The van der Waals surface area contributed by atoms with Gasteiger partial charge < -0.3 is 37.9 Å². The summed E-state index contributed by atoms with van der Waals surface area (Å²) in [6, 6.07) is 0. The Labute approximate surface area is 196 Å². The van der Waals surface area contributed by atoms with Crippen LogP contribution in [0.25, 0.3) is 0 Å². The van der Waals surface area contributed by atoms with Gasteiger partial charge in [0.2, 0.25) is 0 Å². The first kappa shape index (κ1) is 29.1. The first-order chi connectivity index (χ1) is 13.9. The van der Waals surface area contributed by atoms with Gasteiger partial charge in [-0.15, -0.1) is 0 Å². The van der Waals surface area contributed by atoms with Gasteiger partial charge in [-0.3, -0.25) is 0 Å². The van der Waals surface area contributed by atoms with Crippen LogP contribution in [0.5, 0.6) is 0 Å². The van der Waals surface area contributed by atoms with Crippen LogP contribution in [0.2, 0.25) is 0 Å². The third-order valence-corrected chi connectivity index (χ3v) is 3.93. The number of alkyl halides is 2. The predicted octanol–water partition coefficient (Wildman–Crippen LogP) is 1.99. The molecule has 0 aliphatic rings. The van der Waals surface area contributed by atoms with Crippen LogP contribution in [-0.4, -0.2) is 115 Å². The average Bonchev–Trinajstić information content (AvgIpc) is 2.71. The molecule has 8 nitrogen and oxygen atoms in total. The van der Waals surface area contributed by atoms with Crippen LogP contribution < -0.4 is 0 Å². The molecule has 0 N–H and O–H groups in total. The largest absolute Gasteiger partial charge is 0.378 e. The van der Waals surface area contributed by atoms with E-state index in [-0.39, 0.29) is 0 Å². The molecule has 0 aromatic heterocycles. The van der Waals surface area contributed by atoms with Gasteiger partial charge in [0.15, 0.2) is 0 Å². The molecule has 28 heavy (non-hydrogen) atoms. The van der Waals surface area contributed by atoms with E-state index < -0.39 is 0 Å². The molecule has 0 saturated heterocycles. The fraction of sp³-hybridized carbons (Fsp3) is 1.00. The highest BCUT2D eigenvalue weighted by Crippen LogP contribution is 1.87. The number of halogens is 2. The fourth-order valence-corrected chi connectivity index (χ4v) is 2.37. The van der Waals surface area contributed by atoms with Gasteiger partial charge in [0, 0.05) is 8.86 Å². The minimum absolute atomic E-state index is 0.550. The zero-order valence-electron chi connectivity index (χ0n) is 16.7. The van der Waals surface area contributed by atoms with Crippen molar-refractivity contribution < 1.29 is 37.9 Å². The number of hydrogen-bond donors (Lipinski definition) is 0. The molecular formula is C18H36I2O8. The molecule has 0 aliphatic carbocycles. The van der Waals surface area contributed by atoms with E-state index in [0.29, 0.717) is 92.5 Å². The molecule has 0 spiro atoms. The van der Waals surface area contributed by atoms with E-state index in [1.54, 1.807) is 0 Å². The Morgan fingerprint density at radius 2 is 0.393 bits per heavy atom. The van der Waals surface area contributed by atoms with Crippen molar-refractivity contribution in [3.05, 3.63) is 0 Å². The number of ether oxygens (including phenoxy) is 8. The van der Waals surface area contributed by atoms with E-state index in [2.05, 4.69) is 45.2 Å². The first-order valence-electron chi connectivity index (χ1n) is 9.65. The van der Waals surface area contributed by atoms with Gasteiger partial charge in [-0.2, -0.15) is 0 Å². The van der Waals surface area contributed by atoms with E-state index in [1.165, 1.54) is 0 Å². The van der Waals surface area contributed by atoms with Crippen LogP contribution >= 0.6 is 45.2 Å². The molecule has 0 saturated carbocycles. The lowest BCUT2D eigenvalue weighted by atomic mass is 10.6. The predicted molar refractivity (Wildman–Crippen MR) is 124 cm³/mol. The van der Waals surface area contributed by atoms with E-state index in [9.17, 15) is 0 Å². The molecule has 0 rings (SSSR count). The van der Waals surface area contributed by atoms with Crippen molar-refractivity contribution in [2.45, 2.75) is 0 Å². The Kier molecular flexibility index (Phi) is 29.3. The van der Waals surface area contributed by atoms with Crippen LogP contribution in [0.1, 0.15) is 0 Å². The van der Waals surface area contributed by atoms with Crippen molar-refractivity contribution in [3.8, 4) is 0 Å². The van der Waals surface area contributed by atoms with Crippen LogP contribution in [0.15, 0.2) is 0 Å². The van der Waals surface area contributed by atoms with Gasteiger partial charge in [0.25, 0.3) is 0 Å². The molecule has 0 aromatic carbocycles. The molecule has 0 atom stereocenters. The molecule has 0 aromatic rings. The lowest BCUT2D eigenvalue weighted by Gasteiger charge is -2.08. The Balaban J connectivity index is 2.96. The van der Waals surface area contributed by atoms with Crippen LogP contribution in [0, 0.1) is 0 Å². The summed E-state index contributed by atoms with van der Waals surface area (Å²) in [6.07, 6.45) is 0. The van der Waals surface area contributed by atoms with E-state index in [4.69, 9.17) is 37.9 Å². The third-order valence-electron chi connectivity index (χ3n) is 3.05. The zero-order chi connectivity index (χ0) is 20.4. The first-order valence-corrected chi connectivity index (χ1v) is 12.7. The standard InChI is InChI=1S/C18H36I2O8/c19-1-3-21-5-7-23-9-11-25-13-15-27-17-18-28-16-14-26-12-10-24-8-6-22-4-2-20/h1-18H2. The maximum absolute atomic E-state index is 5.42. The Morgan fingerprint density at radius 1 is 0.250 bits per heavy atom. The summed E-state index contributed by atoms with van der Waals surface area (Å²) in [4.78, 5) is 0. The van der Waals surface area contributed by atoms with Crippen molar-refractivity contribution in [1.82, 2.24) is 0 Å². The van der Waals surface area contributed by atoms with Crippen molar-refractivity contribution in [3.63, 3.8) is 0 Å². The summed E-state index contributed by atoms with van der Waals surface area (Å²) in [5, 5.41) is 0. The minimum Gasteiger partial charge on any atom is -0.378 e. The summed E-state index contributed by atoms with van der Waals surface area (Å²) < 4.78 is 45.0. The second-order valence-corrected chi connectivity index (χ2v) is 7.43. The topological polar surface area (TPSA) is 73.8 Å². The second kappa shape index (κ2) is 28.1. The smallest absolute Gasteiger partial charge is 0.0701 e. The van der Waals surface area contributed by atoms with Gasteiger partial charge in [-0.1, -0.05) is 45.2 Å². The molecule has 170 valence electrons. The Morgan fingerprint density at radius 3 is 0.536 bits per heavy atom. The summed E-state index contributed by atoms with van der Waals surface area (Å²) >= 11 is 4.56. The monoisotopic (exact) mass is 634 g/mol. The molecule has 0 heterocycles. The normalized spacial score (nSPS) is 11.4. The van der Waals surface area contributed by atoms with Crippen molar-refractivity contribution in [1.29, 1.82) is 0 Å². The van der Waals surface area contributed by atoms with Crippen LogP contribution in [-0.2, 0) is 37.9 Å². The summed E-state index contributed by atoms with van der Waals surface area (Å²) in [5.41, 5.74) is 0. The van der Waals surface area contributed by atoms with Crippen LogP contribution in [0.3, 0.4) is 0 Å². The molecule has 0 unspecified atom stereocenters. The molecule has 0 fully saturated rings. The number of rotatable bonds is 25. The highest BCUT2D eigenvalue weighted by molar-refractivity contribution is 14.1. The molecule has 0 aliphatic heterocycles. The summed E-state index contributed by atoms with van der Waals surface area (Å²) in [6.45, 7) is 9.66. The summed E-state index contributed by atoms with van der Waals surface area (Å²) in [7, 11) is 0. The summed E-state index contributed by atoms with van der Waals surface area (Å²) in [5.74, 6) is 0. The van der Waals surface area contributed by atoms with E-state index in [1.807, 2.05) is 0 Å². The SMILES string of the molecule is ICCOCCOCCOCCOCCOCCOCCOCCOCCI. The van der Waals surface area contributed by atoms with Crippen molar-refractivity contribution in [2.75, 3.05) is 115 Å². The van der Waals surface area contributed by atoms with Crippen LogP contribution in [0.4, 0.5) is 0 Å². The average molecular weight is 634 g/mol. The van der Waals surface area contributed by atoms with Gasteiger partial charge in [-0.05, 0) is 0 Å². The van der Waals surface area contributed by atoms with Gasteiger partial charge in [0.05, 0.1) is 106 Å². The highest BCUT2D eigenvalue weighted by Gasteiger charge is 1.94. The second-order valence-electron chi connectivity index (χ2n) is 5.28. The highest BCUT2D eigenvalue weighted by atomic mass is 127. The fourth-order valence-electron chi connectivity index (χ4n) is 1.75. The maximum atomic E-state index is 5.42. The molecule has 0 amide bonds. The molecular weight excluding hydrogens is 598 g/mol. The quantitative estimate of drug-likeness (QED) is 0.0859. The van der Waals surface area contributed by atoms with E-state index in [0.717, 1.165) is 22.1 Å². The number of hydrogen-bond acceptors (Lipinski definition) is 8. The third kappa shape index (κ3) is 27.1. The van der Waals surface area contributed by atoms with E-state index >= 15 is 0 Å². The van der Waals surface area contributed by atoms with Gasteiger partial charge >= 0.3 is 0 Å². The molecule has 10 heteroatoms. The van der Waals surface area contributed by atoms with Gasteiger partial charge in [0.1, 0.15) is 0 Å². The Bertz CT molecular complexity index is 252. The van der Waals surface area contributed by atoms with Gasteiger partial charge in [-0.25, -0.2) is 0 Å². The Hall–Kier alpha value is 1.14. The molecule has 0 radical (unpaired) electrons. The minimum atomic E-state index is 0.550. The van der Waals surface area contributed by atoms with Crippen molar-refractivity contribution >= 4 is 45.2 Å². The lowest BCUT2D eigenvalue weighted by molar-refractivity contribution is -0.0224. The lowest BCUT2D eigenvalue weighted by Crippen LogP contribution is -2.15.